The summed E-state index contributed by atoms with van der Waals surface area (Å²) in [5, 5.41) is 0. The van der Waals surface area contributed by atoms with Gasteiger partial charge in [0.2, 0.25) is 0 Å². The monoisotopic (exact) mass is 258 g/mol. The molecule has 0 saturated carbocycles. The van der Waals surface area contributed by atoms with E-state index < -0.39 is 0 Å². The molecule has 106 valence electrons. The molecule has 2 rings (SSSR count). The highest BCUT2D eigenvalue weighted by atomic mass is 14.3. The third-order valence-electron chi connectivity index (χ3n) is 4.42. The van der Waals surface area contributed by atoms with E-state index in [-0.39, 0.29) is 5.41 Å². The topological polar surface area (TPSA) is 0 Å². The number of benzene rings is 1. The van der Waals surface area contributed by atoms with Gasteiger partial charge in [-0.3, -0.25) is 0 Å². The minimum Gasteiger partial charge on any atom is -0.0587 e. The molecule has 1 aliphatic rings. The van der Waals surface area contributed by atoms with E-state index in [0.29, 0.717) is 11.8 Å². The Bertz CT molecular complexity index is 470. The fourth-order valence-corrected chi connectivity index (χ4v) is 3.73. The van der Waals surface area contributed by atoms with E-state index in [2.05, 4.69) is 54.5 Å². The molecule has 0 nitrogen and oxygen atoms in total. The van der Waals surface area contributed by atoms with Crippen molar-refractivity contribution in [2.75, 3.05) is 0 Å². The van der Waals surface area contributed by atoms with Crippen molar-refractivity contribution in [1.82, 2.24) is 0 Å². The fourth-order valence-electron chi connectivity index (χ4n) is 3.73. The predicted molar refractivity (Wildman–Crippen MR) is 85.3 cm³/mol. The zero-order chi connectivity index (χ0) is 14.4. The van der Waals surface area contributed by atoms with Crippen LogP contribution in [0.1, 0.15) is 94.5 Å². The van der Waals surface area contributed by atoms with Crippen LogP contribution in [0.25, 0.3) is 0 Å². The minimum atomic E-state index is 0.247. The molecule has 0 bridgehead atoms. The Kier molecular flexibility index (Phi) is 3.82. The maximum Gasteiger partial charge on any atom is -0.0126 e. The maximum atomic E-state index is 2.53. The summed E-state index contributed by atoms with van der Waals surface area (Å²) in [7, 11) is 0. The van der Waals surface area contributed by atoms with Crippen LogP contribution in [0.5, 0.6) is 0 Å². The lowest BCUT2D eigenvalue weighted by atomic mass is 9.73. The summed E-state index contributed by atoms with van der Waals surface area (Å²) < 4.78 is 0. The van der Waals surface area contributed by atoms with E-state index in [1.54, 1.807) is 27.8 Å². The molecule has 0 aliphatic heterocycles. The van der Waals surface area contributed by atoms with Crippen LogP contribution in [-0.2, 0) is 18.3 Å². The molecule has 0 N–H and O–H groups in total. The van der Waals surface area contributed by atoms with Gasteiger partial charge in [-0.1, -0.05) is 54.5 Å². The van der Waals surface area contributed by atoms with Crippen molar-refractivity contribution in [2.45, 2.75) is 85.0 Å². The average Bonchev–Trinajstić information content (AvgIpc) is 2.71. The quantitative estimate of drug-likeness (QED) is 0.636. The van der Waals surface area contributed by atoms with E-state index in [9.17, 15) is 0 Å². The van der Waals surface area contributed by atoms with Crippen molar-refractivity contribution in [3.63, 3.8) is 0 Å². The molecule has 0 atom stereocenters. The van der Waals surface area contributed by atoms with Gasteiger partial charge < -0.3 is 0 Å². The number of hydrogen-bond acceptors (Lipinski definition) is 0. The van der Waals surface area contributed by atoms with Gasteiger partial charge in [0.05, 0.1) is 0 Å². The van der Waals surface area contributed by atoms with E-state index in [1.807, 2.05) is 0 Å². The van der Waals surface area contributed by atoms with Gasteiger partial charge in [0.15, 0.2) is 0 Å². The second kappa shape index (κ2) is 4.96. The first-order valence-corrected chi connectivity index (χ1v) is 7.92. The van der Waals surface area contributed by atoms with Crippen LogP contribution in [0, 0.1) is 0 Å². The summed E-state index contributed by atoms with van der Waals surface area (Å²) in [6.45, 7) is 16.6. The van der Waals surface area contributed by atoms with Gasteiger partial charge in [-0.05, 0) is 64.3 Å². The van der Waals surface area contributed by atoms with Gasteiger partial charge in [-0.2, -0.15) is 0 Å². The molecule has 0 heterocycles. The summed E-state index contributed by atoms with van der Waals surface area (Å²) >= 11 is 0. The van der Waals surface area contributed by atoms with Crippen LogP contribution >= 0.6 is 0 Å². The summed E-state index contributed by atoms with van der Waals surface area (Å²) in [6, 6.07) is 2.53. The first-order valence-electron chi connectivity index (χ1n) is 7.92. The van der Waals surface area contributed by atoms with Gasteiger partial charge in [0.1, 0.15) is 0 Å². The Morgan fingerprint density at radius 2 is 1.58 bits per heavy atom. The van der Waals surface area contributed by atoms with Gasteiger partial charge in [0, 0.05) is 0 Å². The summed E-state index contributed by atoms with van der Waals surface area (Å²) in [5.41, 5.74) is 8.47. The Morgan fingerprint density at radius 1 is 0.947 bits per heavy atom. The Labute approximate surface area is 119 Å². The van der Waals surface area contributed by atoms with Gasteiger partial charge in [-0.15, -0.1) is 0 Å². The van der Waals surface area contributed by atoms with Gasteiger partial charge in [-0.25, -0.2) is 0 Å². The molecule has 0 radical (unpaired) electrons. The molecule has 1 aliphatic carbocycles. The van der Waals surface area contributed by atoms with Gasteiger partial charge >= 0.3 is 0 Å². The zero-order valence-electron chi connectivity index (χ0n) is 13.9. The number of hydrogen-bond donors (Lipinski definition) is 0. The molecule has 0 saturated heterocycles. The molecular formula is C19H30. The Morgan fingerprint density at radius 3 is 2.05 bits per heavy atom. The van der Waals surface area contributed by atoms with Crippen LogP contribution in [0.3, 0.4) is 0 Å². The molecule has 0 amide bonds. The average molecular weight is 258 g/mol. The highest BCUT2D eigenvalue weighted by molar-refractivity contribution is 5.53. The second-order valence-corrected chi connectivity index (χ2v) is 7.81. The summed E-state index contributed by atoms with van der Waals surface area (Å²) in [4.78, 5) is 0. The molecule has 1 aromatic rings. The highest BCUT2D eigenvalue weighted by Crippen LogP contribution is 2.42. The van der Waals surface area contributed by atoms with E-state index in [0.717, 1.165) is 0 Å². The zero-order valence-corrected chi connectivity index (χ0v) is 13.9. The fraction of sp³-hybridized carbons (Fsp3) is 0.684. The third-order valence-corrected chi connectivity index (χ3v) is 4.42. The summed E-state index contributed by atoms with van der Waals surface area (Å²) in [5.74, 6) is 1.26. The SMILES string of the molecule is CC(C)c1cc2c(c(C(C)C)c1C(C)(C)C)CCC2. The normalized spacial score (nSPS) is 15.4. The summed E-state index contributed by atoms with van der Waals surface area (Å²) in [6.07, 6.45) is 3.93. The number of rotatable bonds is 2. The van der Waals surface area contributed by atoms with Crippen LogP contribution in [0.15, 0.2) is 6.07 Å². The van der Waals surface area contributed by atoms with Crippen LogP contribution in [0.2, 0.25) is 0 Å². The first-order chi connectivity index (χ1) is 8.73. The molecule has 1 aromatic carbocycles. The van der Waals surface area contributed by atoms with Crippen molar-refractivity contribution >= 4 is 0 Å². The minimum absolute atomic E-state index is 0.247. The van der Waals surface area contributed by atoms with Crippen LogP contribution in [-0.4, -0.2) is 0 Å². The van der Waals surface area contributed by atoms with Crippen molar-refractivity contribution in [3.8, 4) is 0 Å². The molecule has 0 aromatic heterocycles. The van der Waals surface area contributed by atoms with E-state index >= 15 is 0 Å². The predicted octanol–water partition coefficient (Wildman–Crippen LogP) is 5.72. The second-order valence-electron chi connectivity index (χ2n) is 7.81. The third kappa shape index (κ3) is 2.59. The number of aryl methyl sites for hydroxylation is 1. The Hall–Kier alpha value is -0.780. The maximum absolute atomic E-state index is 2.53. The standard InChI is InChI=1S/C19H30/c1-12(2)16-11-14-9-8-10-15(14)17(13(3)4)18(16)19(5,6)7/h11-13H,8-10H2,1-7H3. The number of fused-ring (bicyclic) bond motifs is 1. The molecule has 0 heteroatoms. The van der Waals surface area contributed by atoms with Crippen LogP contribution in [0.4, 0.5) is 0 Å². The van der Waals surface area contributed by atoms with Crippen LogP contribution < -0.4 is 0 Å². The molecule has 19 heavy (non-hydrogen) atoms. The lowest BCUT2D eigenvalue weighted by Crippen LogP contribution is -2.20. The van der Waals surface area contributed by atoms with Crippen molar-refractivity contribution in [1.29, 1.82) is 0 Å². The van der Waals surface area contributed by atoms with E-state index in [4.69, 9.17) is 0 Å². The lowest BCUT2D eigenvalue weighted by Gasteiger charge is -2.32. The van der Waals surface area contributed by atoms with E-state index in [1.165, 1.54) is 19.3 Å². The molecule has 0 unspecified atom stereocenters. The highest BCUT2D eigenvalue weighted by Gasteiger charge is 2.29. The first kappa shape index (κ1) is 14.6. The largest absolute Gasteiger partial charge is 0.0587 e. The van der Waals surface area contributed by atoms with Crippen molar-refractivity contribution in [3.05, 3.63) is 33.9 Å². The Balaban J connectivity index is 2.80. The molecular weight excluding hydrogens is 228 g/mol. The van der Waals surface area contributed by atoms with Crippen molar-refractivity contribution < 1.29 is 0 Å². The molecule has 0 spiro atoms. The lowest BCUT2D eigenvalue weighted by molar-refractivity contribution is 0.562. The van der Waals surface area contributed by atoms with Gasteiger partial charge in [0.25, 0.3) is 0 Å². The van der Waals surface area contributed by atoms with Crippen molar-refractivity contribution in [2.24, 2.45) is 0 Å². The molecule has 0 fully saturated rings. The smallest absolute Gasteiger partial charge is 0.0126 e.